The van der Waals surface area contributed by atoms with Crippen molar-refractivity contribution in [2.24, 2.45) is 5.73 Å². The van der Waals surface area contributed by atoms with E-state index < -0.39 is 11.7 Å². The molecule has 5 nitrogen and oxygen atoms in total. The number of hydrogen-bond donors (Lipinski definition) is 2. The molecular formula is C17H11FN4OS. The van der Waals surface area contributed by atoms with Crippen LogP contribution in [0.4, 0.5) is 4.39 Å². The highest BCUT2D eigenvalue weighted by Crippen LogP contribution is 2.46. The van der Waals surface area contributed by atoms with Gasteiger partial charge in [0.15, 0.2) is 0 Å². The zero-order chi connectivity index (χ0) is 16.7. The number of rotatable bonds is 2. The molecule has 0 spiro atoms. The van der Waals surface area contributed by atoms with Gasteiger partial charge in [-0.05, 0) is 17.5 Å². The Labute approximate surface area is 140 Å². The molecule has 118 valence electrons. The first-order valence-electron chi connectivity index (χ1n) is 7.15. The molecule has 3 aromatic rings. The highest BCUT2D eigenvalue weighted by Gasteiger charge is 2.36. The summed E-state index contributed by atoms with van der Waals surface area (Å²) >= 11 is 1.51. The van der Waals surface area contributed by atoms with E-state index in [0.717, 1.165) is 4.88 Å². The van der Waals surface area contributed by atoms with E-state index >= 15 is 0 Å². The van der Waals surface area contributed by atoms with Gasteiger partial charge >= 0.3 is 0 Å². The zero-order valence-electron chi connectivity index (χ0n) is 12.3. The Morgan fingerprint density at radius 1 is 1.29 bits per heavy atom. The maximum atomic E-state index is 14.4. The standard InChI is InChI=1S/C17H11FN4OS/c18-11-5-2-1-4-9(11)13-10(8-19)16(20)23-17-14(13)15(21-22-17)12-6-3-7-24-12/h1-7,13H,20H2,(H,21,22)/t13-/m0/s1. The summed E-state index contributed by atoms with van der Waals surface area (Å²) in [4.78, 5) is 0.923. The Morgan fingerprint density at radius 2 is 2.12 bits per heavy atom. The van der Waals surface area contributed by atoms with Crippen LogP contribution in [0.25, 0.3) is 10.6 Å². The van der Waals surface area contributed by atoms with Gasteiger partial charge < -0.3 is 10.5 Å². The number of ether oxygens (including phenoxy) is 1. The van der Waals surface area contributed by atoms with Crippen molar-refractivity contribution in [1.29, 1.82) is 5.26 Å². The van der Waals surface area contributed by atoms with Crippen molar-refractivity contribution >= 4 is 11.3 Å². The minimum Gasteiger partial charge on any atom is -0.420 e. The molecule has 0 aliphatic carbocycles. The van der Waals surface area contributed by atoms with Crippen LogP contribution in [0.3, 0.4) is 0 Å². The van der Waals surface area contributed by atoms with E-state index in [2.05, 4.69) is 16.3 Å². The largest absolute Gasteiger partial charge is 0.420 e. The molecule has 4 rings (SSSR count). The number of thiophene rings is 1. The van der Waals surface area contributed by atoms with Crippen LogP contribution in [0.2, 0.25) is 0 Å². The number of nitrogens with zero attached hydrogens (tertiary/aromatic N) is 2. The fraction of sp³-hybridized carbons (Fsp3) is 0.0588. The summed E-state index contributed by atoms with van der Waals surface area (Å²) < 4.78 is 19.9. The average Bonchev–Trinajstić information content (AvgIpc) is 3.23. The third-order valence-corrected chi connectivity index (χ3v) is 4.81. The lowest BCUT2D eigenvalue weighted by atomic mass is 9.83. The number of allylic oxidation sites excluding steroid dienone is 1. The molecule has 0 amide bonds. The second-order valence-corrected chi connectivity index (χ2v) is 6.19. The van der Waals surface area contributed by atoms with Gasteiger partial charge in [0.2, 0.25) is 11.8 Å². The van der Waals surface area contributed by atoms with E-state index in [9.17, 15) is 9.65 Å². The molecule has 0 saturated heterocycles. The SMILES string of the molecule is N#CC1=C(N)Oc2n[nH]c(-c3cccs3)c2[C@H]1c1ccccc1F. The van der Waals surface area contributed by atoms with E-state index in [1.165, 1.54) is 17.4 Å². The number of aromatic amines is 1. The van der Waals surface area contributed by atoms with E-state index in [1.807, 2.05) is 17.5 Å². The molecule has 24 heavy (non-hydrogen) atoms. The first kappa shape index (κ1) is 14.5. The summed E-state index contributed by atoms with van der Waals surface area (Å²) in [5, 5.41) is 18.6. The normalized spacial score (nSPS) is 16.4. The number of aromatic nitrogens is 2. The first-order chi connectivity index (χ1) is 11.7. The molecule has 0 bridgehead atoms. The lowest BCUT2D eigenvalue weighted by molar-refractivity contribution is 0.378. The molecule has 0 fully saturated rings. The van der Waals surface area contributed by atoms with E-state index in [-0.39, 0.29) is 17.3 Å². The van der Waals surface area contributed by atoms with Gasteiger partial charge in [-0.1, -0.05) is 24.3 Å². The number of benzene rings is 1. The van der Waals surface area contributed by atoms with Crippen LogP contribution < -0.4 is 10.5 Å². The van der Waals surface area contributed by atoms with E-state index in [4.69, 9.17) is 10.5 Å². The number of nitrogens with two attached hydrogens (primary N) is 1. The third kappa shape index (κ3) is 2.08. The van der Waals surface area contributed by atoms with Crippen LogP contribution in [0.15, 0.2) is 53.2 Å². The number of fused-ring (bicyclic) bond motifs is 1. The molecule has 2 aromatic heterocycles. The average molecular weight is 338 g/mol. The fourth-order valence-electron chi connectivity index (χ4n) is 2.87. The predicted molar refractivity (Wildman–Crippen MR) is 87.6 cm³/mol. The Hall–Kier alpha value is -3.11. The van der Waals surface area contributed by atoms with Crippen molar-refractivity contribution in [3.05, 3.63) is 70.2 Å². The maximum absolute atomic E-state index is 14.4. The van der Waals surface area contributed by atoms with Gasteiger partial charge in [0, 0.05) is 5.56 Å². The summed E-state index contributed by atoms with van der Waals surface area (Å²) in [7, 11) is 0. The molecule has 0 saturated carbocycles. The smallest absolute Gasteiger partial charge is 0.244 e. The van der Waals surface area contributed by atoms with Gasteiger partial charge in [0.25, 0.3) is 0 Å². The van der Waals surface area contributed by atoms with Crippen LogP contribution in [0.5, 0.6) is 5.88 Å². The molecule has 1 aliphatic rings. The molecule has 0 radical (unpaired) electrons. The number of halogens is 1. The molecule has 1 atom stereocenters. The molecular weight excluding hydrogens is 327 g/mol. The lowest BCUT2D eigenvalue weighted by Gasteiger charge is -2.24. The van der Waals surface area contributed by atoms with Crippen molar-refractivity contribution in [1.82, 2.24) is 10.2 Å². The second kappa shape index (κ2) is 5.51. The maximum Gasteiger partial charge on any atom is 0.244 e. The monoisotopic (exact) mass is 338 g/mol. The summed E-state index contributed by atoms with van der Waals surface area (Å²) in [6, 6.07) is 12.2. The van der Waals surface area contributed by atoms with Crippen LogP contribution in [0, 0.1) is 17.1 Å². The fourth-order valence-corrected chi connectivity index (χ4v) is 3.61. The summed E-state index contributed by atoms with van der Waals surface area (Å²) in [6.07, 6.45) is 0. The lowest BCUT2D eigenvalue weighted by Crippen LogP contribution is -2.21. The van der Waals surface area contributed by atoms with Gasteiger partial charge in [-0.15, -0.1) is 16.4 Å². The van der Waals surface area contributed by atoms with Gasteiger partial charge in [-0.2, -0.15) is 5.26 Å². The van der Waals surface area contributed by atoms with Crippen molar-refractivity contribution in [2.45, 2.75) is 5.92 Å². The van der Waals surface area contributed by atoms with Crippen molar-refractivity contribution in [3.63, 3.8) is 0 Å². The predicted octanol–water partition coefficient (Wildman–Crippen LogP) is 3.50. The Bertz CT molecular complexity index is 984. The van der Waals surface area contributed by atoms with Gasteiger partial charge in [-0.3, -0.25) is 5.10 Å². The van der Waals surface area contributed by atoms with Crippen molar-refractivity contribution < 1.29 is 9.13 Å². The number of nitriles is 1. The van der Waals surface area contributed by atoms with Crippen LogP contribution in [-0.2, 0) is 0 Å². The number of nitrogens with one attached hydrogen (secondary N) is 1. The molecule has 1 aliphatic heterocycles. The molecule has 3 N–H and O–H groups in total. The minimum atomic E-state index is -0.671. The Kier molecular flexibility index (Phi) is 3.32. The second-order valence-electron chi connectivity index (χ2n) is 5.24. The highest BCUT2D eigenvalue weighted by molar-refractivity contribution is 7.13. The minimum absolute atomic E-state index is 0.0533. The Morgan fingerprint density at radius 3 is 2.83 bits per heavy atom. The highest BCUT2D eigenvalue weighted by atomic mass is 32.1. The summed E-state index contributed by atoms with van der Waals surface area (Å²) in [6.45, 7) is 0. The molecule has 3 heterocycles. The molecule has 7 heteroatoms. The molecule has 0 unspecified atom stereocenters. The molecule has 1 aromatic carbocycles. The summed E-state index contributed by atoms with van der Waals surface area (Å²) in [5.41, 5.74) is 7.73. The van der Waals surface area contributed by atoms with Gasteiger partial charge in [0.1, 0.15) is 17.5 Å². The van der Waals surface area contributed by atoms with Crippen LogP contribution in [0.1, 0.15) is 17.0 Å². The van der Waals surface area contributed by atoms with Gasteiger partial charge in [0.05, 0.1) is 22.1 Å². The van der Waals surface area contributed by atoms with Crippen LogP contribution >= 0.6 is 11.3 Å². The van der Waals surface area contributed by atoms with Crippen LogP contribution in [-0.4, -0.2) is 10.2 Å². The quantitative estimate of drug-likeness (QED) is 0.748. The van der Waals surface area contributed by atoms with Crippen molar-refractivity contribution in [3.8, 4) is 22.5 Å². The van der Waals surface area contributed by atoms with Crippen molar-refractivity contribution in [2.75, 3.05) is 0 Å². The van der Waals surface area contributed by atoms with E-state index in [1.54, 1.807) is 18.2 Å². The van der Waals surface area contributed by atoms with E-state index in [0.29, 0.717) is 16.8 Å². The third-order valence-electron chi connectivity index (χ3n) is 3.92. The zero-order valence-corrected chi connectivity index (χ0v) is 13.1. The topological polar surface area (TPSA) is 87.7 Å². The summed E-state index contributed by atoms with van der Waals surface area (Å²) in [5.74, 6) is -0.865. The number of hydrogen-bond acceptors (Lipinski definition) is 5. The number of H-pyrrole nitrogens is 1. The first-order valence-corrected chi connectivity index (χ1v) is 8.02. The van der Waals surface area contributed by atoms with Gasteiger partial charge in [-0.25, -0.2) is 4.39 Å². The Balaban J connectivity index is 2.00.